The van der Waals surface area contributed by atoms with Crippen molar-refractivity contribution in [2.24, 2.45) is 0 Å². The zero-order chi connectivity index (χ0) is 16.4. The fourth-order valence-electron chi connectivity index (χ4n) is 2.37. The second kappa shape index (κ2) is 6.34. The molecule has 118 valence electrons. The van der Waals surface area contributed by atoms with Crippen molar-refractivity contribution in [3.05, 3.63) is 59.2 Å². The van der Waals surface area contributed by atoms with E-state index < -0.39 is 0 Å². The number of benzene rings is 2. The number of halogens is 1. The molecule has 0 unspecified atom stereocenters. The number of carbonyl (C=O) groups excluding carboxylic acids is 1. The van der Waals surface area contributed by atoms with E-state index in [9.17, 15) is 4.79 Å². The van der Waals surface area contributed by atoms with Gasteiger partial charge in [-0.1, -0.05) is 17.7 Å². The lowest BCUT2D eigenvalue weighted by Crippen LogP contribution is -2.11. The first kappa shape index (κ1) is 15.4. The summed E-state index contributed by atoms with van der Waals surface area (Å²) in [7, 11) is 0. The average Bonchev–Trinajstić information content (AvgIpc) is 2.91. The highest BCUT2D eigenvalue weighted by atomic mass is 35.5. The van der Waals surface area contributed by atoms with Crippen LogP contribution >= 0.6 is 11.6 Å². The molecule has 0 aliphatic heterocycles. The number of ether oxygens (including phenoxy) is 1. The predicted molar refractivity (Wildman–Crippen MR) is 93.5 cm³/mol. The molecule has 5 heteroatoms. The molecular formula is C18H17ClN2O2. The third-order valence-electron chi connectivity index (χ3n) is 3.37. The predicted octanol–water partition coefficient (Wildman–Crippen LogP) is 4.86. The molecule has 2 N–H and O–H groups in total. The van der Waals surface area contributed by atoms with E-state index in [-0.39, 0.29) is 12.0 Å². The van der Waals surface area contributed by atoms with Gasteiger partial charge in [0.05, 0.1) is 11.7 Å². The molecule has 0 fully saturated rings. The van der Waals surface area contributed by atoms with E-state index in [2.05, 4.69) is 10.3 Å². The van der Waals surface area contributed by atoms with Gasteiger partial charge in [0.25, 0.3) is 5.91 Å². The van der Waals surface area contributed by atoms with Crippen molar-refractivity contribution in [1.82, 2.24) is 4.98 Å². The van der Waals surface area contributed by atoms with Gasteiger partial charge in [-0.05, 0) is 50.2 Å². The zero-order valence-corrected chi connectivity index (χ0v) is 13.6. The molecule has 23 heavy (non-hydrogen) atoms. The van der Waals surface area contributed by atoms with E-state index in [1.165, 1.54) is 0 Å². The molecule has 1 amide bonds. The Morgan fingerprint density at radius 3 is 2.61 bits per heavy atom. The number of fused-ring (bicyclic) bond motifs is 1. The number of rotatable bonds is 4. The largest absolute Gasteiger partial charge is 0.491 e. The molecule has 1 aromatic heterocycles. The van der Waals surface area contributed by atoms with Crippen LogP contribution < -0.4 is 10.1 Å². The van der Waals surface area contributed by atoms with Gasteiger partial charge < -0.3 is 15.0 Å². The molecule has 0 atom stereocenters. The maximum atomic E-state index is 12.4. The Hall–Kier alpha value is -2.46. The lowest BCUT2D eigenvalue weighted by atomic mass is 10.1. The molecule has 0 aliphatic carbocycles. The van der Waals surface area contributed by atoms with Gasteiger partial charge in [-0.15, -0.1) is 0 Å². The summed E-state index contributed by atoms with van der Waals surface area (Å²) in [6.07, 6.45) is 1.81. The van der Waals surface area contributed by atoms with E-state index in [0.717, 1.165) is 22.3 Å². The molecule has 0 spiro atoms. The fraction of sp³-hybridized carbons (Fsp3) is 0.167. The normalized spacial score (nSPS) is 11.0. The van der Waals surface area contributed by atoms with Crippen molar-refractivity contribution in [2.45, 2.75) is 20.0 Å². The van der Waals surface area contributed by atoms with E-state index >= 15 is 0 Å². The first-order chi connectivity index (χ1) is 11.0. The number of carbonyl (C=O) groups is 1. The highest BCUT2D eigenvalue weighted by Crippen LogP contribution is 2.23. The van der Waals surface area contributed by atoms with E-state index in [1.807, 2.05) is 44.2 Å². The number of hydrogen-bond acceptors (Lipinski definition) is 2. The Kier molecular flexibility index (Phi) is 4.26. The van der Waals surface area contributed by atoms with E-state index in [4.69, 9.17) is 16.3 Å². The lowest BCUT2D eigenvalue weighted by Gasteiger charge is -2.10. The molecule has 1 heterocycles. The van der Waals surface area contributed by atoms with Gasteiger partial charge in [-0.3, -0.25) is 4.79 Å². The summed E-state index contributed by atoms with van der Waals surface area (Å²) in [4.78, 5) is 15.5. The Morgan fingerprint density at radius 1 is 1.17 bits per heavy atom. The standard InChI is InChI=1S/C18H17ClN2O2/c1-11(2)23-14-6-4-13(5-7-14)21-18(22)16-10-20-17-9-12(19)3-8-15(16)17/h3-11,20H,1-2H3,(H,21,22). The van der Waals surface area contributed by atoms with Crippen molar-refractivity contribution in [2.75, 3.05) is 5.32 Å². The maximum absolute atomic E-state index is 12.4. The van der Waals surface area contributed by atoms with Gasteiger partial charge in [0.15, 0.2) is 0 Å². The number of aromatic nitrogens is 1. The minimum absolute atomic E-state index is 0.119. The molecular weight excluding hydrogens is 312 g/mol. The highest BCUT2D eigenvalue weighted by Gasteiger charge is 2.12. The Morgan fingerprint density at radius 2 is 1.91 bits per heavy atom. The third-order valence-corrected chi connectivity index (χ3v) is 3.61. The summed E-state index contributed by atoms with van der Waals surface area (Å²) in [5.74, 6) is 0.607. The fourth-order valence-corrected chi connectivity index (χ4v) is 2.55. The topological polar surface area (TPSA) is 54.1 Å². The summed E-state index contributed by atoms with van der Waals surface area (Å²) >= 11 is 5.96. The van der Waals surface area contributed by atoms with Gasteiger partial charge in [0.1, 0.15) is 5.75 Å². The molecule has 0 saturated carbocycles. The van der Waals surface area contributed by atoms with Crippen molar-refractivity contribution in [1.29, 1.82) is 0 Å². The molecule has 4 nitrogen and oxygen atoms in total. The van der Waals surface area contributed by atoms with Gasteiger partial charge in [-0.25, -0.2) is 0 Å². The summed E-state index contributed by atoms with van der Waals surface area (Å²) in [5, 5.41) is 4.36. The van der Waals surface area contributed by atoms with Crippen LogP contribution in [0.1, 0.15) is 24.2 Å². The molecule has 0 saturated heterocycles. The number of H-pyrrole nitrogens is 1. The van der Waals surface area contributed by atoms with Crippen LogP contribution in [0.15, 0.2) is 48.7 Å². The smallest absolute Gasteiger partial charge is 0.257 e. The second-order valence-corrected chi connectivity index (χ2v) is 5.97. The zero-order valence-electron chi connectivity index (χ0n) is 12.9. The number of hydrogen-bond donors (Lipinski definition) is 2. The van der Waals surface area contributed by atoms with E-state index in [1.54, 1.807) is 18.3 Å². The van der Waals surface area contributed by atoms with Crippen molar-refractivity contribution >= 4 is 34.1 Å². The van der Waals surface area contributed by atoms with Crippen molar-refractivity contribution in [3.8, 4) is 5.75 Å². The van der Waals surface area contributed by atoms with Crippen molar-refractivity contribution < 1.29 is 9.53 Å². The Bertz CT molecular complexity index is 838. The number of amides is 1. The van der Waals surface area contributed by atoms with E-state index in [0.29, 0.717) is 10.6 Å². The van der Waals surface area contributed by atoms with Crippen LogP contribution in [-0.4, -0.2) is 17.0 Å². The van der Waals surface area contributed by atoms with Crippen LogP contribution in [0.2, 0.25) is 5.02 Å². The Balaban J connectivity index is 1.78. The SMILES string of the molecule is CC(C)Oc1ccc(NC(=O)c2c[nH]c3cc(Cl)ccc23)cc1. The number of aromatic amines is 1. The number of anilines is 1. The lowest BCUT2D eigenvalue weighted by molar-refractivity contribution is 0.102. The number of nitrogens with one attached hydrogen (secondary N) is 2. The molecule has 2 aromatic carbocycles. The average molecular weight is 329 g/mol. The monoisotopic (exact) mass is 328 g/mol. The van der Waals surface area contributed by atoms with Gasteiger partial charge in [0, 0.05) is 27.8 Å². The van der Waals surface area contributed by atoms with Crippen LogP contribution in [0.25, 0.3) is 10.9 Å². The van der Waals surface area contributed by atoms with Gasteiger partial charge >= 0.3 is 0 Å². The highest BCUT2D eigenvalue weighted by molar-refractivity contribution is 6.31. The maximum Gasteiger partial charge on any atom is 0.257 e. The van der Waals surface area contributed by atoms with Crippen molar-refractivity contribution in [3.63, 3.8) is 0 Å². The summed E-state index contributed by atoms with van der Waals surface area (Å²) in [6, 6.07) is 12.7. The quantitative estimate of drug-likeness (QED) is 0.718. The molecule has 0 radical (unpaired) electrons. The minimum atomic E-state index is -0.170. The first-order valence-corrected chi connectivity index (χ1v) is 7.75. The third kappa shape index (κ3) is 3.48. The van der Waals surface area contributed by atoms with Crippen LogP contribution in [0.4, 0.5) is 5.69 Å². The van der Waals surface area contributed by atoms with Crippen LogP contribution in [0.5, 0.6) is 5.75 Å². The van der Waals surface area contributed by atoms with Crippen LogP contribution in [0.3, 0.4) is 0 Å². The molecule has 3 rings (SSSR count). The summed E-state index contributed by atoms with van der Waals surface area (Å²) in [5.41, 5.74) is 2.14. The first-order valence-electron chi connectivity index (χ1n) is 7.37. The summed E-state index contributed by atoms with van der Waals surface area (Å²) in [6.45, 7) is 3.94. The summed E-state index contributed by atoms with van der Waals surface area (Å²) < 4.78 is 5.59. The van der Waals surface area contributed by atoms with Gasteiger partial charge in [-0.2, -0.15) is 0 Å². The molecule has 3 aromatic rings. The minimum Gasteiger partial charge on any atom is -0.491 e. The molecule has 0 aliphatic rings. The van der Waals surface area contributed by atoms with Crippen LogP contribution in [-0.2, 0) is 0 Å². The van der Waals surface area contributed by atoms with Crippen LogP contribution in [0, 0.1) is 0 Å². The Labute approximate surface area is 139 Å². The second-order valence-electron chi connectivity index (χ2n) is 5.54. The molecule has 0 bridgehead atoms. The van der Waals surface area contributed by atoms with Gasteiger partial charge in [0.2, 0.25) is 0 Å².